The molecule has 0 saturated carbocycles. The smallest absolute Gasteiger partial charge is 0.416 e. The van der Waals surface area contributed by atoms with Crippen molar-refractivity contribution in [3.8, 4) is 5.69 Å². The number of rotatable bonds is 6. The van der Waals surface area contributed by atoms with E-state index in [-0.39, 0.29) is 11.4 Å². The van der Waals surface area contributed by atoms with Crippen LogP contribution in [0.3, 0.4) is 0 Å². The summed E-state index contributed by atoms with van der Waals surface area (Å²) in [4.78, 5) is 22.0. The van der Waals surface area contributed by atoms with Crippen LogP contribution in [0.15, 0.2) is 36.7 Å². The highest BCUT2D eigenvalue weighted by Gasteiger charge is 2.31. The molecule has 0 aliphatic heterocycles. The molecule has 0 bridgehead atoms. The number of ether oxygens (including phenoxy) is 1. The monoisotopic (exact) mass is 343 g/mol. The molecule has 10 heteroatoms. The molecular formula is C14H12F3N3O4. The van der Waals surface area contributed by atoms with Crippen molar-refractivity contribution >= 4 is 17.6 Å². The average Bonchev–Trinajstić information content (AvgIpc) is 2.99. The fourth-order valence-corrected chi connectivity index (χ4v) is 1.84. The second-order valence-electron chi connectivity index (χ2n) is 4.62. The van der Waals surface area contributed by atoms with Crippen LogP contribution in [0, 0.1) is 0 Å². The number of aliphatic carboxylic acids is 1. The number of carboxylic acids is 1. The zero-order chi connectivity index (χ0) is 17.7. The van der Waals surface area contributed by atoms with Crippen LogP contribution in [0.2, 0.25) is 0 Å². The Balaban J connectivity index is 2.24. The maximum absolute atomic E-state index is 12.8. The first-order chi connectivity index (χ1) is 11.3. The van der Waals surface area contributed by atoms with Crippen LogP contribution in [-0.2, 0) is 20.5 Å². The number of hydrogen-bond donors (Lipinski definition) is 2. The Bertz CT molecular complexity index is 729. The number of carbonyl (C=O) groups excluding carboxylic acids is 1. The van der Waals surface area contributed by atoms with Crippen LogP contribution in [0.4, 0.5) is 18.9 Å². The Hall–Kier alpha value is -2.88. The summed E-state index contributed by atoms with van der Waals surface area (Å²) >= 11 is 0. The van der Waals surface area contributed by atoms with E-state index in [9.17, 15) is 22.8 Å². The summed E-state index contributed by atoms with van der Waals surface area (Å²) in [5.41, 5.74) is -0.850. The molecule has 0 radical (unpaired) electrons. The number of carboxylic acid groups (broad SMARTS) is 1. The van der Waals surface area contributed by atoms with Crippen LogP contribution in [0.25, 0.3) is 5.69 Å². The van der Waals surface area contributed by atoms with Crippen LogP contribution >= 0.6 is 0 Å². The Morgan fingerprint density at radius 1 is 1.29 bits per heavy atom. The van der Waals surface area contributed by atoms with E-state index in [1.54, 1.807) is 6.07 Å². The van der Waals surface area contributed by atoms with Crippen molar-refractivity contribution in [2.24, 2.45) is 0 Å². The highest BCUT2D eigenvalue weighted by Crippen LogP contribution is 2.33. The van der Waals surface area contributed by atoms with E-state index in [4.69, 9.17) is 5.11 Å². The van der Waals surface area contributed by atoms with Gasteiger partial charge in [-0.15, -0.1) is 0 Å². The lowest BCUT2D eigenvalue weighted by Gasteiger charge is -2.14. The molecule has 1 aromatic heterocycles. The Morgan fingerprint density at radius 2 is 2.04 bits per heavy atom. The zero-order valence-corrected chi connectivity index (χ0v) is 12.1. The number of aromatic nitrogens is 2. The van der Waals surface area contributed by atoms with Gasteiger partial charge in [0.25, 0.3) is 0 Å². The molecule has 1 heterocycles. The van der Waals surface area contributed by atoms with Gasteiger partial charge in [0.05, 0.1) is 16.9 Å². The fourth-order valence-electron chi connectivity index (χ4n) is 1.84. The predicted octanol–water partition coefficient (Wildman–Crippen LogP) is 1.93. The van der Waals surface area contributed by atoms with Crippen LogP contribution in [-0.4, -0.2) is 40.0 Å². The normalized spacial score (nSPS) is 11.3. The minimum atomic E-state index is -4.58. The van der Waals surface area contributed by atoms with Crippen LogP contribution < -0.4 is 5.32 Å². The highest BCUT2D eigenvalue weighted by atomic mass is 19.4. The molecule has 0 saturated heterocycles. The van der Waals surface area contributed by atoms with Gasteiger partial charge in [-0.05, 0) is 24.3 Å². The number of amides is 1. The third-order valence-corrected chi connectivity index (χ3v) is 2.81. The number of nitrogens with zero attached hydrogens (tertiary/aromatic N) is 2. The summed E-state index contributed by atoms with van der Waals surface area (Å²) < 4.78 is 44.4. The van der Waals surface area contributed by atoms with E-state index >= 15 is 0 Å². The molecule has 0 aliphatic rings. The fraction of sp³-hybridized carbons (Fsp3) is 0.214. The van der Waals surface area contributed by atoms with Crippen molar-refractivity contribution in [1.29, 1.82) is 0 Å². The Morgan fingerprint density at radius 3 is 2.62 bits per heavy atom. The number of carbonyl (C=O) groups is 2. The van der Waals surface area contributed by atoms with Gasteiger partial charge < -0.3 is 15.2 Å². The lowest BCUT2D eigenvalue weighted by molar-refractivity contribution is -0.143. The minimum Gasteiger partial charge on any atom is -0.480 e. The van der Waals surface area contributed by atoms with E-state index in [0.717, 1.165) is 12.1 Å². The Kier molecular flexibility index (Phi) is 5.19. The molecule has 2 rings (SSSR count). The second-order valence-corrected chi connectivity index (χ2v) is 4.62. The lowest BCUT2D eigenvalue weighted by atomic mass is 10.1. The summed E-state index contributed by atoms with van der Waals surface area (Å²) in [6.07, 6.45) is -1.65. The quantitative estimate of drug-likeness (QED) is 0.836. The van der Waals surface area contributed by atoms with Gasteiger partial charge in [-0.3, -0.25) is 4.79 Å². The van der Waals surface area contributed by atoms with Gasteiger partial charge in [-0.1, -0.05) is 0 Å². The van der Waals surface area contributed by atoms with Gasteiger partial charge in [0.2, 0.25) is 5.91 Å². The van der Waals surface area contributed by atoms with Crippen molar-refractivity contribution in [2.45, 2.75) is 6.18 Å². The first-order valence-electron chi connectivity index (χ1n) is 6.58. The standard InChI is InChI=1S/C14H12F3N3O4/c15-14(16,17)9-2-3-11(20-5-1-4-18-20)10(6-9)19-12(21)7-24-8-13(22)23/h1-6H,7-8H2,(H,19,21)(H,22,23). The predicted molar refractivity (Wildman–Crippen MR) is 75.7 cm³/mol. The summed E-state index contributed by atoms with van der Waals surface area (Å²) in [5.74, 6) is -2.05. The van der Waals surface area contributed by atoms with Crippen molar-refractivity contribution in [2.75, 3.05) is 18.5 Å². The van der Waals surface area contributed by atoms with Crippen molar-refractivity contribution < 1.29 is 32.6 Å². The maximum atomic E-state index is 12.8. The first-order valence-corrected chi connectivity index (χ1v) is 6.58. The van der Waals surface area contributed by atoms with Gasteiger partial charge in [0.1, 0.15) is 13.2 Å². The molecule has 0 aliphatic carbocycles. The molecule has 2 aromatic rings. The summed E-state index contributed by atoms with van der Waals surface area (Å²) in [7, 11) is 0. The zero-order valence-electron chi connectivity index (χ0n) is 12.1. The van der Waals surface area contributed by atoms with Gasteiger partial charge in [-0.25, -0.2) is 9.48 Å². The molecular weight excluding hydrogens is 331 g/mol. The van der Waals surface area contributed by atoms with Gasteiger partial charge >= 0.3 is 12.1 Å². The van der Waals surface area contributed by atoms with Gasteiger partial charge in [0.15, 0.2) is 0 Å². The van der Waals surface area contributed by atoms with E-state index in [1.165, 1.54) is 23.1 Å². The van der Waals surface area contributed by atoms with E-state index in [0.29, 0.717) is 0 Å². The van der Waals surface area contributed by atoms with Gasteiger partial charge in [-0.2, -0.15) is 18.3 Å². The molecule has 24 heavy (non-hydrogen) atoms. The first kappa shape index (κ1) is 17.5. The van der Waals surface area contributed by atoms with Crippen LogP contribution in [0.1, 0.15) is 5.56 Å². The number of halogens is 3. The summed E-state index contributed by atoms with van der Waals surface area (Å²) in [6.45, 7) is -1.30. The van der Waals surface area contributed by atoms with E-state index < -0.39 is 36.8 Å². The highest BCUT2D eigenvalue weighted by molar-refractivity contribution is 5.94. The SMILES string of the molecule is O=C(O)COCC(=O)Nc1cc(C(F)(F)F)ccc1-n1cccn1. The van der Waals surface area contributed by atoms with E-state index in [1.807, 2.05) is 0 Å². The molecule has 0 unspecified atom stereocenters. The number of alkyl halides is 3. The molecule has 0 atom stereocenters. The second kappa shape index (κ2) is 7.13. The molecule has 2 N–H and O–H groups in total. The largest absolute Gasteiger partial charge is 0.480 e. The summed E-state index contributed by atoms with van der Waals surface area (Å²) in [5, 5.41) is 14.6. The molecule has 7 nitrogen and oxygen atoms in total. The minimum absolute atomic E-state index is 0.127. The summed E-state index contributed by atoms with van der Waals surface area (Å²) in [6, 6.07) is 4.38. The lowest BCUT2D eigenvalue weighted by Crippen LogP contribution is -2.22. The number of anilines is 1. The molecule has 0 fully saturated rings. The van der Waals surface area contributed by atoms with Crippen molar-refractivity contribution in [3.63, 3.8) is 0 Å². The van der Waals surface area contributed by atoms with Crippen molar-refractivity contribution in [1.82, 2.24) is 9.78 Å². The van der Waals surface area contributed by atoms with E-state index in [2.05, 4.69) is 15.2 Å². The Labute approximate surface area is 133 Å². The number of nitrogens with one attached hydrogen (secondary N) is 1. The maximum Gasteiger partial charge on any atom is 0.416 e. The molecule has 0 spiro atoms. The number of benzene rings is 1. The molecule has 1 amide bonds. The van der Waals surface area contributed by atoms with Crippen molar-refractivity contribution in [3.05, 3.63) is 42.2 Å². The molecule has 128 valence electrons. The van der Waals surface area contributed by atoms with Crippen LogP contribution in [0.5, 0.6) is 0 Å². The molecule has 1 aromatic carbocycles. The topological polar surface area (TPSA) is 93.5 Å². The number of hydrogen-bond acceptors (Lipinski definition) is 4. The average molecular weight is 343 g/mol. The van der Waals surface area contributed by atoms with Gasteiger partial charge in [0, 0.05) is 12.4 Å². The third kappa shape index (κ3) is 4.56. The third-order valence-electron chi connectivity index (χ3n) is 2.81.